The van der Waals surface area contributed by atoms with E-state index >= 15 is 0 Å². The molecule has 7 rings (SSSR count). The summed E-state index contributed by atoms with van der Waals surface area (Å²) in [6.45, 7) is 11.7. The monoisotopic (exact) mass is 569 g/mol. The topological polar surface area (TPSA) is 47.8 Å². The summed E-state index contributed by atoms with van der Waals surface area (Å²) in [5.74, 6) is 2.54. The van der Waals surface area contributed by atoms with Gasteiger partial charge in [-0.2, -0.15) is 0 Å². The zero-order chi connectivity index (χ0) is 28.0. The van der Waals surface area contributed by atoms with Crippen LogP contribution >= 0.6 is 22.7 Å². The third-order valence-electron chi connectivity index (χ3n) is 10.8. The Morgan fingerprint density at radius 1 is 1.18 bits per heavy atom. The van der Waals surface area contributed by atoms with Crippen LogP contribution in [0.4, 0.5) is 0 Å². The molecule has 0 saturated heterocycles. The van der Waals surface area contributed by atoms with Crippen molar-refractivity contribution in [1.29, 1.82) is 0 Å². The van der Waals surface area contributed by atoms with Gasteiger partial charge in [0.05, 0.1) is 5.52 Å². The van der Waals surface area contributed by atoms with Gasteiger partial charge in [0.2, 0.25) is 0 Å². The van der Waals surface area contributed by atoms with Gasteiger partial charge in [-0.25, -0.2) is 9.97 Å². The van der Waals surface area contributed by atoms with Crippen LogP contribution in [0.5, 0.6) is 0 Å². The highest BCUT2D eigenvalue weighted by atomic mass is 32.1. The number of fused-ring (bicyclic) bond motifs is 6. The average Bonchev–Trinajstić information content (AvgIpc) is 3.60. The van der Waals surface area contributed by atoms with E-state index < -0.39 is 0 Å². The molecule has 4 nitrogen and oxygen atoms in total. The number of pyridine rings is 1. The molecule has 4 atom stereocenters. The summed E-state index contributed by atoms with van der Waals surface area (Å²) in [6.07, 6.45) is 12.4. The molecular weight excluding hydrogens is 531 g/mol. The molecule has 0 spiro atoms. The molecule has 0 amide bonds. The molecule has 40 heavy (non-hydrogen) atoms. The smallest absolute Gasteiger partial charge is 0.271 e. The van der Waals surface area contributed by atoms with Gasteiger partial charge >= 0.3 is 0 Å². The van der Waals surface area contributed by atoms with Crippen molar-refractivity contribution in [2.75, 3.05) is 0 Å². The standard InChI is InChI=1S/C34H39N3OS2/c1-19(2)21-10-12-24-22(17-21)11-13-26-33(24,4)14-8-15-34(26,5)27-18-23(25-9-7-16-39-25)28-29-30(40-31(28)36-27)32(38)37(6)20(3)35-29/h7,9,11,16-19,24,26H,8,10,12-15H2,1-6H3. The fraction of sp³-hybridized carbons (Fsp3) is 0.500. The van der Waals surface area contributed by atoms with Gasteiger partial charge in [0, 0.05) is 34.0 Å². The van der Waals surface area contributed by atoms with Crippen LogP contribution in [-0.4, -0.2) is 14.5 Å². The molecule has 4 unspecified atom stereocenters. The predicted molar refractivity (Wildman–Crippen MR) is 169 cm³/mol. The third-order valence-corrected chi connectivity index (χ3v) is 12.8. The van der Waals surface area contributed by atoms with Crippen LogP contribution in [0.25, 0.3) is 30.9 Å². The molecule has 1 fully saturated rings. The number of allylic oxidation sites excluding steroid dienone is 4. The van der Waals surface area contributed by atoms with Crippen LogP contribution < -0.4 is 5.56 Å². The highest BCUT2D eigenvalue weighted by Gasteiger charge is 2.55. The van der Waals surface area contributed by atoms with Gasteiger partial charge in [-0.3, -0.25) is 9.36 Å². The molecule has 0 aromatic carbocycles. The van der Waals surface area contributed by atoms with Crippen molar-refractivity contribution in [1.82, 2.24) is 14.5 Å². The van der Waals surface area contributed by atoms with E-state index in [2.05, 4.69) is 63.4 Å². The molecule has 1 saturated carbocycles. The van der Waals surface area contributed by atoms with E-state index in [1.807, 2.05) is 14.0 Å². The maximum atomic E-state index is 13.3. The Morgan fingerprint density at radius 3 is 2.75 bits per heavy atom. The van der Waals surface area contributed by atoms with Gasteiger partial charge in [0.1, 0.15) is 15.4 Å². The Morgan fingerprint density at radius 2 is 2.00 bits per heavy atom. The summed E-state index contributed by atoms with van der Waals surface area (Å²) in [7, 11) is 1.81. The molecule has 4 heterocycles. The summed E-state index contributed by atoms with van der Waals surface area (Å²) in [6, 6.07) is 6.69. The van der Waals surface area contributed by atoms with E-state index in [1.165, 1.54) is 53.2 Å². The van der Waals surface area contributed by atoms with Gasteiger partial charge in [0.25, 0.3) is 5.56 Å². The zero-order valence-corrected chi connectivity index (χ0v) is 26.1. The molecule has 3 aliphatic rings. The van der Waals surface area contributed by atoms with Crippen LogP contribution in [0.1, 0.15) is 77.7 Å². The van der Waals surface area contributed by atoms with E-state index in [1.54, 1.807) is 27.1 Å². The predicted octanol–water partition coefficient (Wildman–Crippen LogP) is 8.97. The highest BCUT2D eigenvalue weighted by Crippen LogP contribution is 2.62. The number of aryl methyl sites for hydroxylation is 1. The minimum absolute atomic E-state index is 0.0247. The highest BCUT2D eigenvalue weighted by molar-refractivity contribution is 7.25. The van der Waals surface area contributed by atoms with Crippen molar-refractivity contribution in [2.24, 2.45) is 30.2 Å². The maximum absolute atomic E-state index is 13.3. The Labute approximate surface area is 244 Å². The Kier molecular flexibility index (Phi) is 6.07. The molecule has 0 radical (unpaired) electrons. The number of nitrogens with zero attached hydrogens (tertiary/aromatic N) is 3. The third kappa shape index (κ3) is 3.71. The van der Waals surface area contributed by atoms with Gasteiger partial charge in [-0.15, -0.1) is 22.7 Å². The number of thiophene rings is 2. The fourth-order valence-corrected chi connectivity index (χ4v) is 10.3. The second-order valence-electron chi connectivity index (χ2n) is 13.2. The number of hydrogen-bond donors (Lipinski definition) is 0. The van der Waals surface area contributed by atoms with Crippen LogP contribution in [0.3, 0.4) is 0 Å². The Balaban J connectivity index is 1.43. The summed E-state index contributed by atoms with van der Waals surface area (Å²) < 4.78 is 2.37. The molecule has 208 valence electrons. The van der Waals surface area contributed by atoms with Crippen molar-refractivity contribution in [3.05, 3.63) is 68.7 Å². The average molecular weight is 570 g/mol. The number of aromatic nitrogens is 3. The first-order valence-corrected chi connectivity index (χ1v) is 16.6. The summed E-state index contributed by atoms with van der Waals surface area (Å²) in [5.41, 5.74) is 6.68. The molecule has 0 N–H and O–H groups in total. The van der Waals surface area contributed by atoms with Crippen LogP contribution in [0, 0.1) is 30.1 Å². The van der Waals surface area contributed by atoms with Crippen molar-refractivity contribution >= 4 is 43.1 Å². The SMILES string of the molecule is Cc1nc2c(sc3nc(C4(C)CCCC5(C)C6CCC(C(C)C)=CC6=CCC45)cc(-c4cccs4)c32)c(=O)n1C. The van der Waals surface area contributed by atoms with Gasteiger partial charge in [0.15, 0.2) is 0 Å². The van der Waals surface area contributed by atoms with E-state index in [0.717, 1.165) is 34.4 Å². The number of rotatable bonds is 3. The summed E-state index contributed by atoms with van der Waals surface area (Å²) in [4.78, 5) is 25.8. The van der Waals surface area contributed by atoms with Crippen molar-refractivity contribution < 1.29 is 0 Å². The molecule has 6 heteroatoms. The largest absolute Gasteiger partial charge is 0.299 e. The Hall–Kier alpha value is -2.57. The minimum atomic E-state index is -0.0260. The first-order chi connectivity index (χ1) is 19.1. The van der Waals surface area contributed by atoms with Crippen LogP contribution in [-0.2, 0) is 12.5 Å². The molecule has 3 aliphatic carbocycles. The van der Waals surface area contributed by atoms with E-state index in [4.69, 9.17) is 9.97 Å². The maximum Gasteiger partial charge on any atom is 0.271 e. The minimum Gasteiger partial charge on any atom is -0.299 e. The lowest BCUT2D eigenvalue weighted by Gasteiger charge is -2.58. The molecule has 0 bridgehead atoms. The zero-order valence-electron chi connectivity index (χ0n) is 24.5. The summed E-state index contributed by atoms with van der Waals surface area (Å²) in [5, 5.41) is 3.18. The fourth-order valence-electron chi connectivity index (χ4n) is 8.44. The second kappa shape index (κ2) is 9.22. The van der Waals surface area contributed by atoms with Crippen molar-refractivity contribution in [2.45, 2.75) is 78.6 Å². The molecular formula is C34H39N3OS2. The quantitative estimate of drug-likeness (QED) is 0.247. The summed E-state index contributed by atoms with van der Waals surface area (Å²) >= 11 is 3.28. The molecule has 4 aromatic rings. The molecule has 4 aromatic heterocycles. The number of hydrogen-bond acceptors (Lipinski definition) is 5. The molecule has 0 aliphatic heterocycles. The van der Waals surface area contributed by atoms with E-state index in [-0.39, 0.29) is 16.4 Å². The van der Waals surface area contributed by atoms with Crippen molar-refractivity contribution in [3.63, 3.8) is 0 Å². The van der Waals surface area contributed by atoms with Crippen LogP contribution in [0.15, 0.2) is 51.7 Å². The lowest BCUT2D eigenvalue weighted by atomic mass is 9.46. The first kappa shape index (κ1) is 26.3. The normalized spacial score (nSPS) is 28.5. The van der Waals surface area contributed by atoms with Gasteiger partial charge in [-0.1, -0.05) is 57.9 Å². The van der Waals surface area contributed by atoms with E-state index in [0.29, 0.717) is 22.5 Å². The van der Waals surface area contributed by atoms with Crippen LogP contribution in [0.2, 0.25) is 0 Å². The second-order valence-corrected chi connectivity index (χ2v) is 15.2. The van der Waals surface area contributed by atoms with Gasteiger partial charge < -0.3 is 0 Å². The Bertz CT molecular complexity index is 1770. The van der Waals surface area contributed by atoms with Gasteiger partial charge in [-0.05, 0) is 85.3 Å². The lowest BCUT2D eigenvalue weighted by molar-refractivity contribution is -0.0104. The lowest BCUT2D eigenvalue weighted by Crippen LogP contribution is -2.52. The van der Waals surface area contributed by atoms with E-state index in [9.17, 15) is 4.79 Å². The van der Waals surface area contributed by atoms with Crippen molar-refractivity contribution in [3.8, 4) is 10.4 Å². The first-order valence-electron chi connectivity index (χ1n) is 14.9.